The monoisotopic (exact) mass is 488 g/mol. The zero-order valence-electron chi connectivity index (χ0n) is 17.3. The van der Waals surface area contributed by atoms with Gasteiger partial charge in [-0.25, -0.2) is 4.98 Å². The minimum atomic E-state index is -0.572. The van der Waals surface area contributed by atoms with Crippen LogP contribution in [-0.2, 0) is 0 Å². The van der Waals surface area contributed by atoms with Gasteiger partial charge in [0.25, 0.3) is 5.91 Å². The normalized spacial score (nSPS) is 11.5. The van der Waals surface area contributed by atoms with Crippen LogP contribution in [0.5, 0.6) is 17.2 Å². The minimum absolute atomic E-state index is 0.268. The van der Waals surface area contributed by atoms with Crippen LogP contribution in [0, 0.1) is 0 Å². The second-order valence-electron chi connectivity index (χ2n) is 6.42. The Morgan fingerprint density at radius 3 is 2.23 bits per heavy atom. The molecule has 10 nitrogen and oxygen atoms in total. The number of pyridine rings is 1. The van der Waals surface area contributed by atoms with E-state index in [-0.39, 0.29) is 11.9 Å². The van der Waals surface area contributed by atoms with Crippen LogP contribution in [0.1, 0.15) is 34.6 Å². The number of ether oxygens (including phenoxy) is 3. The molecule has 3 N–H and O–H groups in total. The topological polar surface area (TPSA) is 134 Å². The molecule has 0 fully saturated rings. The zero-order valence-corrected chi connectivity index (χ0v) is 18.9. The molecule has 3 aromatic rings. The first-order chi connectivity index (χ1) is 14.9. The molecule has 0 aliphatic carbocycles. The Morgan fingerprint density at radius 2 is 1.71 bits per heavy atom. The van der Waals surface area contributed by atoms with E-state index >= 15 is 0 Å². The molecule has 11 heteroatoms. The van der Waals surface area contributed by atoms with Crippen molar-refractivity contribution < 1.29 is 19.0 Å². The van der Waals surface area contributed by atoms with Gasteiger partial charge in [-0.05, 0) is 22.0 Å². The van der Waals surface area contributed by atoms with Crippen molar-refractivity contribution in [3.63, 3.8) is 0 Å². The number of carbonyl (C=O) groups excluding carboxylic acids is 1. The van der Waals surface area contributed by atoms with Crippen molar-refractivity contribution in [1.29, 1.82) is 0 Å². The maximum Gasteiger partial charge on any atom is 0.250 e. The Hall–Kier alpha value is -3.47. The number of hydrogen-bond acceptors (Lipinski definition) is 9. The van der Waals surface area contributed by atoms with Crippen molar-refractivity contribution in [2.75, 3.05) is 26.6 Å². The van der Waals surface area contributed by atoms with Crippen molar-refractivity contribution in [3.8, 4) is 17.2 Å². The lowest BCUT2D eigenvalue weighted by atomic mass is 9.99. The van der Waals surface area contributed by atoms with E-state index in [1.54, 1.807) is 30.6 Å². The van der Waals surface area contributed by atoms with E-state index in [0.29, 0.717) is 44.4 Å². The van der Waals surface area contributed by atoms with Gasteiger partial charge in [-0.1, -0.05) is 6.92 Å². The fourth-order valence-electron chi connectivity index (χ4n) is 2.95. The largest absolute Gasteiger partial charge is 0.493 e. The van der Waals surface area contributed by atoms with Gasteiger partial charge in [0.1, 0.15) is 0 Å². The summed E-state index contributed by atoms with van der Waals surface area (Å²) in [4.78, 5) is 20.4. The molecule has 0 bridgehead atoms. The number of carbonyl (C=O) groups is 1. The number of aromatic nitrogens is 4. The minimum Gasteiger partial charge on any atom is -0.493 e. The number of hydrogen-bond donors (Lipinski definition) is 2. The molecule has 0 radical (unpaired) electrons. The zero-order chi connectivity index (χ0) is 22.5. The summed E-state index contributed by atoms with van der Waals surface area (Å²) in [5.41, 5.74) is 7.45. The predicted octanol–water partition coefficient (Wildman–Crippen LogP) is 3.05. The third-order valence-corrected chi connectivity index (χ3v) is 4.94. The predicted molar refractivity (Wildman–Crippen MR) is 117 cm³/mol. The highest BCUT2D eigenvalue weighted by Gasteiger charge is 2.20. The van der Waals surface area contributed by atoms with Crippen LogP contribution in [0.15, 0.2) is 35.1 Å². The van der Waals surface area contributed by atoms with Crippen LogP contribution >= 0.6 is 15.9 Å². The number of amides is 1. The van der Waals surface area contributed by atoms with Gasteiger partial charge in [-0.2, -0.15) is 0 Å². The van der Waals surface area contributed by atoms with Gasteiger partial charge in [-0.3, -0.25) is 9.78 Å². The summed E-state index contributed by atoms with van der Waals surface area (Å²) in [5, 5.41) is 11.4. The fraction of sp³-hybridized carbons (Fsp3) is 0.250. The standard InChI is InChI=1S/C20H21BrN6O4/c1-10(17-13(19(22)28)5-11(21)8-23-17)14-9-24-20(27-26-14)25-12-6-15(29-2)18(31-4)16(7-12)30-3/h5-10H,1-4H3,(H2,22,28)(H,24,25,27). The molecule has 0 aliphatic rings. The van der Waals surface area contributed by atoms with E-state index in [4.69, 9.17) is 19.9 Å². The molecule has 1 atom stereocenters. The average molecular weight is 489 g/mol. The summed E-state index contributed by atoms with van der Waals surface area (Å²) in [7, 11) is 4.60. The molecule has 3 rings (SSSR count). The molecule has 2 aromatic heterocycles. The number of nitrogens with one attached hydrogen (secondary N) is 1. The molecule has 0 spiro atoms. The summed E-state index contributed by atoms with van der Waals surface area (Å²) in [6.07, 6.45) is 3.16. The second kappa shape index (κ2) is 9.56. The third-order valence-electron chi connectivity index (χ3n) is 4.50. The van der Waals surface area contributed by atoms with Gasteiger partial charge in [0, 0.05) is 34.4 Å². The van der Waals surface area contributed by atoms with Crippen molar-refractivity contribution in [2.45, 2.75) is 12.8 Å². The SMILES string of the molecule is COc1cc(Nc2ncc(C(C)c3ncc(Br)cc3C(N)=O)nn2)cc(OC)c1OC. The van der Waals surface area contributed by atoms with Crippen LogP contribution in [0.3, 0.4) is 0 Å². The number of primary amides is 1. The Bertz CT molecular complexity index is 1070. The van der Waals surface area contributed by atoms with E-state index in [1.807, 2.05) is 6.92 Å². The first-order valence-corrected chi connectivity index (χ1v) is 9.89. The number of benzene rings is 1. The summed E-state index contributed by atoms with van der Waals surface area (Å²) >= 11 is 3.30. The molecule has 0 saturated carbocycles. The third kappa shape index (κ3) is 4.82. The fourth-order valence-corrected chi connectivity index (χ4v) is 3.29. The van der Waals surface area contributed by atoms with Crippen molar-refractivity contribution in [2.24, 2.45) is 5.73 Å². The number of halogens is 1. The van der Waals surface area contributed by atoms with E-state index in [0.717, 1.165) is 0 Å². The molecule has 162 valence electrons. The Morgan fingerprint density at radius 1 is 1.03 bits per heavy atom. The highest BCUT2D eigenvalue weighted by molar-refractivity contribution is 9.10. The average Bonchev–Trinajstić information content (AvgIpc) is 2.78. The molecule has 1 amide bonds. The maximum atomic E-state index is 11.8. The lowest BCUT2D eigenvalue weighted by Crippen LogP contribution is -2.17. The number of anilines is 2. The van der Waals surface area contributed by atoms with Gasteiger partial charge < -0.3 is 25.3 Å². The first-order valence-electron chi connectivity index (χ1n) is 9.09. The Balaban J connectivity index is 1.85. The Labute approximate surface area is 187 Å². The molecule has 0 aliphatic heterocycles. The number of rotatable bonds is 8. The van der Waals surface area contributed by atoms with Crippen molar-refractivity contribution >= 4 is 33.5 Å². The van der Waals surface area contributed by atoms with E-state index in [2.05, 4.69) is 41.4 Å². The van der Waals surface area contributed by atoms with Gasteiger partial charge in [0.2, 0.25) is 11.7 Å². The van der Waals surface area contributed by atoms with Gasteiger partial charge in [0.05, 0.1) is 44.5 Å². The summed E-state index contributed by atoms with van der Waals surface area (Å²) in [5.74, 6) is 0.809. The number of nitrogens with two attached hydrogens (primary N) is 1. The molecule has 31 heavy (non-hydrogen) atoms. The van der Waals surface area contributed by atoms with E-state index in [9.17, 15) is 4.79 Å². The maximum absolute atomic E-state index is 11.8. The van der Waals surface area contributed by atoms with Crippen LogP contribution in [0.25, 0.3) is 0 Å². The first kappa shape index (κ1) is 22.2. The molecule has 2 heterocycles. The molecule has 1 aromatic carbocycles. The van der Waals surface area contributed by atoms with Crippen molar-refractivity contribution in [1.82, 2.24) is 20.2 Å². The van der Waals surface area contributed by atoms with Crippen LogP contribution in [0.2, 0.25) is 0 Å². The van der Waals surface area contributed by atoms with Crippen LogP contribution in [0.4, 0.5) is 11.6 Å². The van der Waals surface area contributed by atoms with Gasteiger partial charge in [0.15, 0.2) is 11.5 Å². The molecule has 0 saturated heterocycles. The number of nitrogens with zero attached hydrogens (tertiary/aromatic N) is 4. The Kier molecular flexibility index (Phi) is 6.85. The highest BCUT2D eigenvalue weighted by atomic mass is 79.9. The lowest BCUT2D eigenvalue weighted by molar-refractivity contribution is 0.0998. The van der Waals surface area contributed by atoms with Crippen LogP contribution < -0.4 is 25.3 Å². The highest BCUT2D eigenvalue weighted by Crippen LogP contribution is 2.40. The number of methoxy groups -OCH3 is 3. The molecule has 1 unspecified atom stereocenters. The van der Waals surface area contributed by atoms with E-state index < -0.39 is 5.91 Å². The van der Waals surface area contributed by atoms with Gasteiger partial charge in [-0.15, -0.1) is 10.2 Å². The quantitative estimate of drug-likeness (QED) is 0.490. The summed E-state index contributed by atoms with van der Waals surface area (Å²) in [6.45, 7) is 1.85. The molecular formula is C20H21BrN6O4. The summed E-state index contributed by atoms with van der Waals surface area (Å²) < 4.78 is 16.7. The molecular weight excluding hydrogens is 468 g/mol. The van der Waals surface area contributed by atoms with Gasteiger partial charge >= 0.3 is 0 Å². The van der Waals surface area contributed by atoms with Crippen LogP contribution in [-0.4, -0.2) is 47.4 Å². The second-order valence-corrected chi connectivity index (χ2v) is 7.33. The lowest BCUT2D eigenvalue weighted by Gasteiger charge is -2.15. The smallest absolute Gasteiger partial charge is 0.250 e. The van der Waals surface area contributed by atoms with Crippen molar-refractivity contribution in [3.05, 3.63) is 52.0 Å². The summed E-state index contributed by atoms with van der Waals surface area (Å²) in [6, 6.07) is 5.08. The van der Waals surface area contributed by atoms with E-state index in [1.165, 1.54) is 21.3 Å².